The second-order valence-electron chi connectivity index (χ2n) is 4.21. The van der Waals surface area contributed by atoms with E-state index < -0.39 is 21.8 Å². The van der Waals surface area contributed by atoms with Gasteiger partial charge in [0.2, 0.25) is 0 Å². The third kappa shape index (κ3) is 3.59. The van der Waals surface area contributed by atoms with Crippen molar-refractivity contribution in [1.29, 1.82) is 0 Å². The third-order valence-electron chi connectivity index (χ3n) is 2.69. The highest BCUT2D eigenvalue weighted by atomic mass is 32.2. The van der Waals surface area contributed by atoms with E-state index in [1.807, 2.05) is 0 Å². The van der Waals surface area contributed by atoms with Crippen LogP contribution in [-0.2, 0) is 14.8 Å². The quantitative estimate of drug-likeness (QED) is 0.852. The van der Waals surface area contributed by atoms with Gasteiger partial charge in [0.25, 0.3) is 10.0 Å². The summed E-state index contributed by atoms with van der Waals surface area (Å²) in [6.45, 7) is 1.89. The van der Waals surface area contributed by atoms with Crippen molar-refractivity contribution in [3.63, 3.8) is 0 Å². The van der Waals surface area contributed by atoms with Gasteiger partial charge in [-0.3, -0.25) is 9.71 Å². The number of benzene rings is 1. The highest BCUT2D eigenvalue weighted by molar-refractivity contribution is 7.92. The maximum Gasteiger partial charge on any atom is 0.338 e. The van der Waals surface area contributed by atoms with E-state index in [0.29, 0.717) is 0 Å². The van der Waals surface area contributed by atoms with Crippen molar-refractivity contribution in [1.82, 2.24) is 4.98 Å². The zero-order chi connectivity index (χ0) is 16.2. The van der Waals surface area contributed by atoms with Crippen molar-refractivity contribution in [3.8, 4) is 0 Å². The van der Waals surface area contributed by atoms with Gasteiger partial charge in [-0.15, -0.1) is 0 Å². The second-order valence-corrected chi connectivity index (χ2v) is 5.89. The summed E-state index contributed by atoms with van der Waals surface area (Å²) in [6.07, 6.45) is 2.17. The van der Waals surface area contributed by atoms with Crippen LogP contribution in [0.4, 0.5) is 10.1 Å². The first-order valence-corrected chi connectivity index (χ1v) is 7.82. The molecule has 116 valence electrons. The van der Waals surface area contributed by atoms with Crippen LogP contribution in [0, 0.1) is 5.82 Å². The number of anilines is 1. The number of nitrogens with one attached hydrogen (secondary N) is 1. The van der Waals surface area contributed by atoms with Crippen LogP contribution in [0.5, 0.6) is 0 Å². The van der Waals surface area contributed by atoms with Crippen molar-refractivity contribution in [3.05, 3.63) is 54.1 Å². The molecule has 0 aliphatic heterocycles. The fourth-order valence-electron chi connectivity index (χ4n) is 1.65. The van der Waals surface area contributed by atoms with Gasteiger partial charge >= 0.3 is 5.97 Å². The molecular weight excluding hydrogens is 311 g/mol. The fraction of sp³-hybridized carbons (Fsp3) is 0.143. The summed E-state index contributed by atoms with van der Waals surface area (Å²) in [4.78, 5) is 14.9. The molecule has 22 heavy (non-hydrogen) atoms. The Labute approximate surface area is 127 Å². The number of nitrogens with zero attached hydrogens (tertiary/aromatic N) is 1. The molecule has 0 radical (unpaired) electrons. The third-order valence-corrected chi connectivity index (χ3v) is 4.07. The molecule has 0 saturated heterocycles. The summed E-state index contributed by atoms with van der Waals surface area (Å²) in [5, 5.41) is 0. The van der Waals surface area contributed by atoms with Crippen molar-refractivity contribution in [2.75, 3.05) is 11.3 Å². The molecule has 1 heterocycles. The summed E-state index contributed by atoms with van der Waals surface area (Å²) in [6, 6.07) is 6.35. The van der Waals surface area contributed by atoms with E-state index in [9.17, 15) is 17.6 Å². The number of carbonyl (C=O) groups is 1. The number of rotatable bonds is 5. The normalized spacial score (nSPS) is 11.0. The van der Waals surface area contributed by atoms with Crippen molar-refractivity contribution >= 4 is 21.7 Å². The summed E-state index contributed by atoms with van der Waals surface area (Å²) < 4.78 is 44.7. The Morgan fingerprint density at radius 2 is 1.95 bits per heavy atom. The standard InChI is InChI=1S/C14H13FN2O4S/c1-2-21-14(18)10-3-5-11(6-4-10)22(19,20)17-13-7-8-16-9-12(13)15/h3-9H,2H2,1H3,(H,16,17). The number of sulfonamides is 1. The number of pyridine rings is 1. The molecule has 0 saturated carbocycles. The molecule has 0 amide bonds. The Morgan fingerprint density at radius 1 is 1.27 bits per heavy atom. The van der Waals surface area contributed by atoms with Gasteiger partial charge < -0.3 is 4.74 Å². The van der Waals surface area contributed by atoms with Crippen LogP contribution in [0.2, 0.25) is 0 Å². The minimum atomic E-state index is -3.96. The maximum atomic E-state index is 13.4. The van der Waals surface area contributed by atoms with E-state index in [-0.39, 0.29) is 22.8 Å². The van der Waals surface area contributed by atoms with Crippen LogP contribution in [0.25, 0.3) is 0 Å². The minimum absolute atomic E-state index is 0.100. The Bertz CT molecular complexity index is 776. The van der Waals surface area contributed by atoms with E-state index in [1.165, 1.54) is 36.5 Å². The number of ether oxygens (including phenoxy) is 1. The summed E-state index contributed by atoms with van der Waals surface area (Å²) in [5.41, 5.74) is 0.0281. The molecule has 0 atom stereocenters. The van der Waals surface area contributed by atoms with Crippen LogP contribution >= 0.6 is 0 Å². The number of hydrogen-bond acceptors (Lipinski definition) is 5. The van der Waals surface area contributed by atoms with Crippen molar-refractivity contribution in [2.24, 2.45) is 0 Å². The lowest BCUT2D eigenvalue weighted by Gasteiger charge is -2.09. The van der Waals surface area contributed by atoms with E-state index in [0.717, 1.165) is 6.20 Å². The van der Waals surface area contributed by atoms with E-state index in [1.54, 1.807) is 6.92 Å². The average Bonchev–Trinajstić information content (AvgIpc) is 2.50. The van der Waals surface area contributed by atoms with Crippen LogP contribution in [0.1, 0.15) is 17.3 Å². The van der Waals surface area contributed by atoms with Gasteiger partial charge in [-0.05, 0) is 37.3 Å². The van der Waals surface area contributed by atoms with Gasteiger partial charge in [-0.25, -0.2) is 17.6 Å². The van der Waals surface area contributed by atoms with E-state index in [4.69, 9.17) is 4.74 Å². The molecule has 0 spiro atoms. The molecule has 0 aliphatic rings. The first-order chi connectivity index (χ1) is 10.4. The van der Waals surface area contributed by atoms with Gasteiger partial charge in [0.1, 0.15) is 0 Å². The number of hydrogen-bond donors (Lipinski definition) is 1. The lowest BCUT2D eigenvalue weighted by molar-refractivity contribution is 0.0526. The number of aromatic nitrogens is 1. The Kier molecular flexibility index (Phi) is 4.71. The number of halogens is 1. The molecule has 2 rings (SSSR count). The van der Waals surface area contributed by atoms with Crippen LogP contribution in [-0.4, -0.2) is 26.0 Å². The van der Waals surface area contributed by atoms with Crippen LogP contribution < -0.4 is 4.72 Å². The molecular formula is C14H13FN2O4S. The smallest absolute Gasteiger partial charge is 0.338 e. The monoisotopic (exact) mass is 324 g/mol. The SMILES string of the molecule is CCOC(=O)c1ccc(S(=O)(=O)Nc2ccncc2F)cc1. The van der Waals surface area contributed by atoms with Crippen LogP contribution in [0.3, 0.4) is 0 Å². The zero-order valence-corrected chi connectivity index (χ0v) is 12.4. The zero-order valence-electron chi connectivity index (χ0n) is 11.6. The first kappa shape index (κ1) is 15.9. The summed E-state index contributed by atoms with van der Waals surface area (Å²) >= 11 is 0. The molecule has 0 aliphatic carbocycles. The van der Waals surface area contributed by atoms with Gasteiger partial charge in [-0.2, -0.15) is 0 Å². The second kappa shape index (κ2) is 6.52. The predicted molar refractivity (Wildman–Crippen MR) is 77.4 cm³/mol. The summed E-state index contributed by atoms with van der Waals surface area (Å²) in [7, 11) is -3.96. The topological polar surface area (TPSA) is 85.4 Å². The molecule has 2 aromatic rings. The highest BCUT2D eigenvalue weighted by Gasteiger charge is 2.17. The largest absolute Gasteiger partial charge is 0.462 e. The predicted octanol–water partition coefficient (Wildman–Crippen LogP) is 2.20. The molecule has 1 aromatic heterocycles. The maximum absolute atomic E-state index is 13.4. The van der Waals surface area contributed by atoms with Crippen molar-refractivity contribution in [2.45, 2.75) is 11.8 Å². The lowest BCUT2D eigenvalue weighted by atomic mass is 10.2. The lowest BCUT2D eigenvalue weighted by Crippen LogP contribution is -2.14. The van der Waals surface area contributed by atoms with Crippen LogP contribution in [0.15, 0.2) is 47.6 Å². The Balaban J connectivity index is 2.23. The van der Waals surface area contributed by atoms with E-state index >= 15 is 0 Å². The van der Waals surface area contributed by atoms with Gasteiger partial charge in [0.05, 0.1) is 29.0 Å². The molecule has 0 fully saturated rings. The minimum Gasteiger partial charge on any atom is -0.462 e. The molecule has 1 N–H and O–H groups in total. The highest BCUT2D eigenvalue weighted by Crippen LogP contribution is 2.18. The van der Waals surface area contributed by atoms with Crippen molar-refractivity contribution < 1.29 is 22.3 Å². The number of carbonyl (C=O) groups excluding carboxylic acids is 1. The first-order valence-electron chi connectivity index (χ1n) is 6.33. The Morgan fingerprint density at radius 3 is 2.55 bits per heavy atom. The molecule has 0 unspecified atom stereocenters. The number of esters is 1. The van der Waals surface area contributed by atoms with Gasteiger partial charge in [0.15, 0.2) is 5.82 Å². The van der Waals surface area contributed by atoms with Gasteiger partial charge in [0, 0.05) is 6.20 Å². The molecule has 1 aromatic carbocycles. The molecule has 0 bridgehead atoms. The Hall–Kier alpha value is -2.48. The molecule has 6 nitrogen and oxygen atoms in total. The van der Waals surface area contributed by atoms with Gasteiger partial charge in [-0.1, -0.05) is 0 Å². The van der Waals surface area contributed by atoms with E-state index in [2.05, 4.69) is 9.71 Å². The average molecular weight is 324 g/mol. The fourth-order valence-corrected chi connectivity index (χ4v) is 2.71. The molecule has 8 heteroatoms. The summed E-state index contributed by atoms with van der Waals surface area (Å²) in [5.74, 6) is -1.33.